The second-order valence-corrected chi connectivity index (χ2v) is 4.08. The van der Waals surface area contributed by atoms with Crippen LogP contribution in [-0.2, 0) is 0 Å². The van der Waals surface area contributed by atoms with E-state index in [0.29, 0.717) is 19.6 Å². The van der Waals surface area contributed by atoms with Crippen LogP contribution in [0.15, 0.2) is 0 Å². The number of aliphatic hydroxyl groups excluding tert-OH is 1. The first-order chi connectivity index (χ1) is 8.98. The minimum absolute atomic E-state index is 0.294. The van der Waals surface area contributed by atoms with Crippen LogP contribution < -0.4 is 27.0 Å². The molecule has 0 aliphatic rings. The Morgan fingerprint density at radius 3 is 1.63 bits per heavy atom. The van der Waals surface area contributed by atoms with Gasteiger partial charge in [0.05, 0.1) is 0 Å². The highest BCUT2D eigenvalue weighted by atomic mass is 16.7. The lowest BCUT2D eigenvalue weighted by molar-refractivity contribution is -0.359. The average Bonchev–Trinajstić information content (AvgIpc) is 2.34. The van der Waals surface area contributed by atoms with Crippen molar-refractivity contribution >= 4 is 0 Å². The third-order valence-corrected chi connectivity index (χ3v) is 2.28. The maximum absolute atomic E-state index is 9.01. The summed E-state index contributed by atoms with van der Waals surface area (Å²) in [6.07, 6.45) is -1.79. The first kappa shape index (κ1) is 18.6. The minimum atomic E-state index is -3.11. The summed E-state index contributed by atoms with van der Waals surface area (Å²) < 4.78 is 0. The van der Waals surface area contributed by atoms with Crippen LogP contribution in [-0.4, -0.2) is 85.0 Å². The van der Waals surface area contributed by atoms with Gasteiger partial charge in [-0.15, -0.1) is 0 Å². The Labute approximate surface area is 113 Å². The molecule has 0 saturated carbocycles. The fraction of sp³-hybridized carbons (Fsp3) is 1.00. The normalized spacial score (nSPS) is 13.7. The molecule has 0 amide bonds. The van der Waals surface area contributed by atoms with Gasteiger partial charge in [-0.2, -0.15) is 0 Å². The zero-order valence-electron chi connectivity index (χ0n) is 11.1. The number of nitrogens with two attached hydrogens (primary N) is 1. The molecule has 0 spiro atoms. The van der Waals surface area contributed by atoms with Crippen LogP contribution in [0.1, 0.15) is 0 Å². The van der Waals surface area contributed by atoms with Crippen molar-refractivity contribution in [3.63, 3.8) is 0 Å². The summed E-state index contributed by atoms with van der Waals surface area (Å²) in [7, 11) is 0. The van der Waals surface area contributed by atoms with Gasteiger partial charge in [-0.05, 0) is 0 Å². The first-order valence-electron chi connectivity index (χ1n) is 6.39. The van der Waals surface area contributed by atoms with E-state index in [0.717, 1.165) is 32.7 Å². The predicted octanol–water partition coefficient (Wildman–Crippen LogP) is -4.75. The molecule has 0 aromatic rings. The summed E-state index contributed by atoms with van der Waals surface area (Å²) in [5.41, 5.74) is 5.32. The summed E-state index contributed by atoms with van der Waals surface area (Å²) in [6.45, 7) is 5.56. The molecule has 0 aliphatic carbocycles. The predicted molar refractivity (Wildman–Crippen MR) is 71.1 cm³/mol. The molecule has 1 atom stereocenters. The molecule has 9 heteroatoms. The van der Waals surface area contributed by atoms with E-state index in [1.807, 2.05) is 0 Å². The Hall–Kier alpha value is -0.360. The Morgan fingerprint density at radius 2 is 1.21 bits per heavy atom. The van der Waals surface area contributed by atoms with E-state index in [-0.39, 0.29) is 0 Å². The van der Waals surface area contributed by atoms with Crippen molar-refractivity contribution in [2.45, 2.75) is 12.2 Å². The molecule has 0 radical (unpaired) electrons. The van der Waals surface area contributed by atoms with Gasteiger partial charge >= 0.3 is 5.97 Å². The topological polar surface area (TPSA) is 155 Å². The fourth-order valence-electron chi connectivity index (χ4n) is 1.26. The average molecular weight is 281 g/mol. The van der Waals surface area contributed by atoms with Crippen LogP contribution in [0, 0.1) is 0 Å². The van der Waals surface area contributed by atoms with Gasteiger partial charge in [0.15, 0.2) is 6.23 Å². The molecule has 0 aliphatic heterocycles. The lowest BCUT2D eigenvalue weighted by Crippen LogP contribution is -2.52. The highest BCUT2D eigenvalue weighted by Gasteiger charge is 2.29. The van der Waals surface area contributed by atoms with Gasteiger partial charge < -0.3 is 42.1 Å². The van der Waals surface area contributed by atoms with Crippen molar-refractivity contribution in [1.82, 2.24) is 21.3 Å². The molecular formula is C10H27N5O4. The van der Waals surface area contributed by atoms with E-state index < -0.39 is 12.2 Å². The van der Waals surface area contributed by atoms with E-state index in [2.05, 4.69) is 21.3 Å². The molecule has 0 heterocycles. The Kier molecular flexibility index (Phi) is 11.2. The van der Waals surface area contributed by atoms with Crippen molar-refractivity contribution in [3.8, 4) is 0 Å². The molecule has 19 heavy (non-hydrogen) atoms. The number of hydrogen-bond donors (Lipinski definition) is 9. The van der Waals surface area contributed by atoms with Crippen LogP contribution in [0.4, 0.5) is 0 Å². The smallest absolute Gasteiger partial charge is 0.317 e. The van der Waals surface area contributed by atoms with Crippen molar-refractivity contribution < 1.29 is 20.4 Å². The number of hydrogen-bond acceptors (Lipinski definition) is 9. The zero-order chi connectivity index (χ0) is 14.6. The van der Waals surface area contributed by atoms with Crippen LogP contribution in [0.2, 0.25) is 0 Å². The van der Waals surface area contributed by atoms with Gasteiger partial charge in [0.2, 0.25) is 0 Å². The summed E-state index contributed by atoms with van der Waals surface area (Å²) in [5, 5.41) is 46.6. The van der Waals surface area contributed by atoms with Crippen molar-refractivity contribution in [2.24, 2.45) is 5.73 Å². The molecule has 0 bridgehead atoms. The lowest BCUT2D eigenvalue weighted by Gasteiger charge is -2.21. The molecule has 0 rings (SSSR count). The first-order valence-corrected chi connectivity index (χ1v) is 6.39. The van der Waals surface area contributed by atoms with Crippen LogP contribution in [0.5, 0.6) is 0 Å². The van der Waals surface area contributed by atoms with E-state index in [4.69, 9.17) is 26.2 Å². The monoisotopic (exact) mass is 281 g/mol. The van der Waals surface area contributed by atoms with Gasteiger partial charge in [0.25, 0.3) is 0 Å². The molecule has 116 valence electrons. The highest BCUT2D eigenvalue weighted by Crippen LogP contribution is 1.96. The standard InChI is InChI=1S/C10H27N5O4/c11-1-2-12-3-4-13-5-6-14-7-8-15-9(16)10(17,18)19/h9,12-19H,1-8,11H2. The van der Waals surface area contributed by atoms with Crippen molar-refractivity contribution in [1.29, 1.82) is 0 Å². The SMILES string of the molecule is NCCNCCNCCNCCNC(O)C(O)(O)O. The molecule has 0 aromatic carbocycles. The van der Waals surface area contributed by atoms with E-state index in [1.54, 1.807) is 0 Å². The highest BCUT2D eigenvalue weighted by molar-refractivity contribution is 4.62. The van der Waals surface area contributed by atoms with Gasteiger partial charge in [-0.1, -0.05) is 0 Å². The van der Waals surface area contributed by atoms with Gasteiger partial charge in [-0.25, -0.2) is 0 Å². The largest absolute Gasteiger partial charge is 0.371 e. The zero-order valence-corrected chi connectivity index (χ0v) is 11.1. The van der Waals surface area contributed by atoms with Gasteiger partial charge in [0.1, 0.15) is 0 Å². The molecular weight excluding hydrogens is 254 g/mol. The summed E-state index contributed by atoms with van der Waals surface area (Å²) >= 11 is 0. The second-order valence-electron chi connectivity index (χ2n) is 4.08. The van der Waals surface area contributed by atoms with Gasteiger partial charge in [0, 0.05) is 52.4 Å². The Morgan fingerprint density at radius 1 is 0.789 bits per heavy atom. The van der Waals surface area contributed by atoms with Crippen molar-refractivity contribution in [2.75, 3.05) is 52.4 Å². The van der Waals surface area contributed by atoms with Crippen LogP contribution in [0.3, 0.4) is 0 Å². The van der Waals surface area contributed by atoms with Gasteiger partial charge in [-0.3, -0.25) is 5.32 Å². The maximum Gasteiger partial charge on any atom is 0.317 e. The Bertz CT molecular complexity index is 203. The second kappa shape index (κ2) is 11.5. The summed E-state index contributed by atoms with van der Waals surface area (Å²) in [4.78, 5) is 0. The molecule has 0 aromatic heterocycles. The van der Waals surface area contributed by atoms with E-state index >= 15 is 0 Å². The number of rotatable bonds is 13. The maximum atomic E-state index is 9.01. The van der Waals surface area contributed by atoms with Crippen LogP contribution in [0.25, 0.3) is 0 Å². The third kappa shape index (κ3) is 12.4. The minimum Gasteiger partial charge on any atom is -0.371 e. The molecule has 10 N–H and O–H groups in total. The molecule has 0 saturated heterocycles. The molecule has 9 nitrogen and oxygen atoms in total. The molecule has 1 unspecified atom stereocenters. The van der Waals surface area contributed by atoms with E-state index in [9.17, 15) is 0 Å². The summed E-state index contributed by atoms with van der Waals surface area (Å²) in [6, 6.07) is 0. The quantitative estimate of drug-likeness (QED) is 0.119. The third-order valence-electron chi connectivity index (χ3n) is 2.28. The molecule has 0 fully saturated rings. The van der Waals surface area contributed by atoms with Crippen molar-refractivity contribution in [3.05, 3.63) is 0 Å². The lowest BCUT2D eigenvalue weighted by atomic mass is 10.4. The van der Waals surface area contributed by atoms with Crippen LogP contribution >= 0.6 is 0 Å². The Balaban J connectivity index is 3.15. The number of nitrogens with one attached hydrogen (secondary N) is 4. The van der Waals surface area contributed by atoms with E-state index in [1.165, 1.54) is 0 Å². The summed E-state index contributed by atoms with van der Waals surface area (Å²) in [5.74, 6) is -3.11. The number of aliphatic hydroxyl groups is 4. The fourth-order valence-corrected chi connectivity index (χ4v) is 1.26.